The van der Waals surface area contributed by atoms with Gasteiger partial charge in [0.15, 0.2) is 0 Å². The van der Waals surface area contributed by atoms with E-state index in [0.717, 1.165) is 28.0 Å². The molecule has 0 bridgehead atoms. The SMILES string of the molecule is CCn1nc(C)c(Br)c1CC(NN)c1cnn(C)c1N. The van der Waals surface area contributed by atoms with E-state index in [1.807, 2.05) is 18.7 Å². The van der Waals surface area contributed by atoms with Crippen molar-refractivity contribution in [3.8, 4) is 0 Å². The molecule has 2 aromatic heterocycles. The van der Waals surface area contributed by atoms with Crippen LogP contribution in [0.15, 0.2) is 10.7 Å². The molecule has 1 unspecified atom stereocenters. The second kappa shape index (κ2) is 5.94. The third-order valence-electron chi connectivity index (χ3n) is 3.44. The van der Waals surface area contributed by atoms with E-state index in [-0.39, 0.29) is 6.04 Å². The minimum atomic E-state index is -0.110. The van der Waals surface area contributed by atoms with E-state index < -0.39 is 0 Å². The highest BCUT2D eigenvalue weighted by molar-refractivity contribution is 9.10. The summed E-state index contributed by atoms with van der Waals surface area (Å²) >= 11 is 3.59. The lowest BCUT2D eigenvalue weighted by Crippen LogP contribution is -2.30. The Morgan fingerprint density at radius 1 is 1.50 bits per heavy atom. The maximum absolute atomic E-state index is 6.02. The number of aryl methyl sites for hydroxylation is 3. The van der Waals surface area contributed by atoms with Gasteiger partial charge in [-0.05, 0) is 29.8 Å². The highest BCUT2D eigenvalue weighted by atomic mass is 79.9. The van der Waals surface area contributed by atoms with Crippen LogP contribution in [0.25, 0.3) is 0 Å². The highest BCUT2D eigenvalue weighted by Gasteiger charge is 2.21. The smallest absolute Gasteiger partial charge is 0.126 e. The van der Waals surface area contributed by atoms with Gasteiger partial charge >= 0.3 is 0 Å². The van der Waals surface area contributed by atoms with Gasteiger partial charge in [-0.15, -0.1) is 0 Å². The molecule has 2 rings (SSSR count). The third kappa shape index (κ3) is 2.58. The molecule has 0 saturated carbocycles. The maximum atomic E-state index is 6.02. The van der Waals surface area contributed by atoms with Crippen LogP contribution in [0, 0.1) is 6.92 Å². The van der Waals surface area contributed by atoms with Crippen LogP contribution in [0.5, 0.6) is 0 Å². The molecule has 0 fully saturated rings. The molecule has 0 saturated heterocycles. The van der Waals surface area contributed by atoms with Crippen molar-refractivity contribution in [1.82, 2.24) is 25.0 Å². The number of hydrogen-bond donors (Lipinski definition) is 3. The number of nitrogens with one attached hydrogen (secondary N) is 1. The van der Waals surface area contributed by atoms with Crippen LogP contribution in [0.4, 0.5) is 5.82 Å². The van der Waals surface area contributed by atoms with Crippen molar-refractivity contribution < 1.29 is 0 Å². The van der Waals surface area contributed by atoms with Gasteiger partial charge in [0, 0.05) is 25.6 Å². The third-order valence-corrected chi connectivity index (χ3v) is 4.47. The molecule has 0 aliphatic carbocycles. The number of aromatic nitrogens is 4. The molecular weight excluding hydrogens is 322 g/mol. The minimum absolute atomic E-state index is 0.110. The molecule has 0 aliphatic heterocycles. The number of halogens is 1. The van der Waals surface area contributed by atoms with E-state index in [2.05, 4.69) is 38.5 Å². The van der Waals surface area contributed by atoms with Crippen LogP contribution in [0.3, 0.4) is 0 Å². The van der Waals surface area contributed by atoms with Gasteiger partial charge in [0.1, 0.15) is 5.82 Å². The average Bonchev–Trinajstić information content (AvgIpc) is 2.90. The second-order valence-electron chi connectivity index (χ2n) is 4.69. The minimum Gasteiger partial charge on any atom is -0.384 e. The first-order chi connectivity index (χ1) is 9.49. The summed E-state index contributed by atoms with van der Waals surface area (Å²) < 4.78 is 4.62. The monoisotopic (exact) mass is 341 g/mol. The molecule has 110 valence electrons. The summed E-state index contributed by atoms with van der Waals surface area (Å²) in [7, 11) is 1.81. The topological polar surface area (TPSA) is 99.7 Å². The number of anilines is 1. The number of nitrogen functional groups attached to an aromatic ring is 1. The van der Waals surface area contributed by atoms with Gasteiger partial charge in [0.05, 0.1) is 28.1 Å². The van der Waals surface area contributed by atoms with E-state index in [9.17, 15) is 0 Å². The van der Waals surface area contributed by atoms with E-state index >= 15 is 0 Å². The highest BCUT2D eigenvalue weighted by Crippen LogP contribution is 2.28. The van der Waals surface area contributed by atoms with Gasteiger partial charge in [-0.1, -0.05) is 0 Å². The Bertz CT molecular complexity index is 601. The lowest BCUT2D eigenvalue weighted by Gasteiger charge is -2.16. The Morgan fingerprint density at radius 3 is 2.70 bits per heavy atom. The van der Waals surface area contributed by atoms with Crippen molar-refractivity contribution >= 4 is 21.7 Å². The van der Waals surface area contributed by atoms with Crippen molar-refractivity contribution in [2.75, 3.05) is 5.73 Å². The van der Waals surface area contributed by atoms with Crippen molar-refractivity contribution in [2.45, 2.75) is 32.9 Å². The van der Waals surface area contributed by atoms with Crippen LogP contribution in [-0.4, -0.2) is 19.6 Å². The van der Waals surface area contributed by atoms with E-state index in [0.29, 0.717) is 12.2 Å². The fourth-order valence-corrected chi connectivity index (χ4v) is 2.69. The number of hydrazine groups is 1. The zero-order valence-corrected chi connectivity index (χ0v) is 13.5. The van der Waals surface area contributed by atoms with Gasteiger partial charge in [-0.25, -0.2) is 0 Å². The Labute approximate surface area is 126 Å². The van der Waals surface area contributed by atoms with Crippen molar-refractivity contribution in [2.24, 2.45) is 12.9 Å². The Kier molecular flexibility index (Phi) is 4.46. The van der Waals surface area contributed by atoms with E-state index in [1.54, 1.807) is 10.9 Å². The van der Waals surface area contributed by atoms with Crippen LogP contribution in [-0.2, 0) is 20.0 Å². The lowest BCUT2D eigenvalue weighted by molar-refractivity contribution is 0.517. The zero-order chi connectivity index (χ0) is 14.9. The van der Waals surface area contributed by atoms with Gasteiger partial charge in [-0.3, -0.25) is 20.6 Å². The Balaban J connectivity index is 2.34. The first kappa shape index (κ1) is 15.0. The summed E-state index contributed by atoms with van der Waals surface area (Å²) in [5.41, 5.74) is 11.8. The van der Waals surface area contributed by atoms with Crippen molar-refractivity contribution in [1.29, 1.82) is 0 Å². The maximum Gasteiger partial charge on any atom is 0.126 e. The molecule has 2 heterocycles. The largest absolute Gasteiger partial charge is 0.384 e. The number of nitrogens with two attached hydrogens (primary N) is 2. The molecule has 0 spiro atoms. The number of rotatable bonds is 5. The summed E-state index contributed by atoms with van der Waals surface area (Å²) in [6.07, 6.45) is 2.43. The molecular formula is C12H20BrN7. The zero-order valence-electron chi connectivity index (χ0n) is 11.9. The first-order valence-electron chi connectivity index (χ1n) is 6.44. The van der Waals surface area contributed by atoms with Crippen LogP contribution >= 0.6 is 15.9 Å². The normalized spacial score (nSPS) is 12.8. The van der Waals surface area contributed by atoms with E-state index in [4.69, 9.17) is 11.6 Å². The molecule has 0 radical (unpaired) electrons. The van der Waals surface area contributed by atoms with Crippen LogP contribution < -0.4 is 17.0 Å². The van der Waals surface area contributed by atoms with Gasteiger partial charge < -0.3 is 5.73 Å². The molecule has 5 N–H and O–H groups in total. The predicted octanol–water partition coefficient (Wildman–Crippen LogP) is 1.04. The predicted molar refractivity (Wildman–Crippen MR) is 81.7 cm³/mol. The summed E-state index contributed by atoms with van der Waals surface area (Å²) in [5, 5.41) is 8.65. The summed E-state index contributed by atoms with van der Waals surface area (Å²) in [4.78, 5) is 0. The molecule has 1 atom stereocenters. The quantitative estimate of drug-likeness (QED) is 0.557. The summed E-state index contributed by atoms with van der Waals surface area (Å²) in [5.74, 6) is 6.31. The molecule has 0 amide bonds. The fourth-order valence-electron chi connectivity index (χ4n) is 2.25. The summed E-state index contributed by atoms with van der Waals surface area (Å²) in [6, 6.07) is -0.110. The van der Waals surface area contributed by atoms with Crippen molar-refractivity contribution in [3.63, 3.8) is 0 Å². The Morgan fingerprint density at radius 2 is 2.20 bits per heavy atom. The van der Waals surface area contributed by atoms with Crippen LogP contribution in [0.2, 0.25) is 0 Å². The second-order valence-corrected chi connectivity index (χ2v) is 5.49. The molecule has 8 heteroatoms. The van der Waals surface area contributed by atoms with Gasteiger partial charge in [-0.2, -0.15) is 10.2 Å². The number of hydrogen-bond acceptors (Lipinski definition) is 5. The average molecular weight is 342 g/mol. The van der Waals surface area contributed by atoms with Gasteiger partial charge in [0.2, 0.25) is 0 Å². The lowest BCUT2D eigenvalue weighted by atomic mass is 10.1. The molecule has 20 heavy (non-hydrogen) atoms. The fraction of sp³-hybridized carbons (Fsp3) is 0.500. The van der Waals surface area contributed by atoms with E-state index in [1.165, 1.54) is 0 Å². The number of nitrogens with zero attached hydrogens (tertiary/aromatic N) is 4. The Hall–Kier alpha value is -1.38. The summed E-state index contributed by atoms with van der Waals surface area (Å²) in [6.45, 7) is 4.84. The van der Waals surface area contributed by atoms with Gasteiger partial charge in [0.25, 0.3) is 0 Å². The molecule has 0 aliphatic rings. The molecule has 0 aromatic carbocycles. The van der Waals surface area contributed by atoms with Crippen LogP contribution in [0.1, 0.15) is 29.9 Å². The first-order valence-corrected chi connectivity index (χ1v) is 7.24. The molecule has 2 aromatic rings. The van der Waals surface area contributed by atoms with Crippen molar-refractivity contribution in [3.05, 3.63) is 27.6 Å². The molecule has 7 nitrogen and oxygen atoms in total. The standard InChI is InChI=1S/C12H20BrN7/c1-4-20-10(11(13)7(2)18-20)5-9(17-15)8-6-16-19(3)12(8)14/h6,9,17H,4-5,14-15H2,1-3H3.